The molecule has 154 valence electrons. The lowest BCUT2D eigenvalue weighted by Gasteiger charge is -2.23. The van der Waals surface area contributed by atoms with Gasteiger partial charge in [-0.15, -0.1) is 6.58 Å². The van der Waals surface area contributed by atoms with Gasteiger partial charge in [0.05, 0.1) is 13.2 Å². The first-order valence-electron chi connectivity index (χ1n) is 10.5. The number of hydrogen-bond acceptors (Lipinski definition) is 5. The number of ether oxygens (including phenoxy) is 2. The molecule has 3 N–H and O–H groups in total. The minimum atomic E-state index is -1.00. The number of aliphatic hydroxyl groups excluding tert-OH is 3. The van der Waals surface area contributed by atoms with Crippen LogP contribution in [-0.2, 0) is 9.47 Å². The quantitative estimate of drug-likeness (QED) is 0.269. The summed E-state index contributed by atoms with van der Waals surface area (Å²) < 4.78 is 11.0. The van der Waals surface area contributed by atoms with Crippen molar-refractivity contribution >= 4 is 0 Å². The lowest BCUT2D eigenvalue weighted by atomic mass is 10.0. The molecule has 0 amide bonds. The second kappa shape index (κ2) is 15.6. The summed E-state index contributed by atoms with van der Waals surface area (Å²) in [4.78, 5) is 0. The van der Waals surface area contributed by atoms with Crippen LogP contribution < -0.4 is 0 Å². The zero-order valence-electron chi connectivity index (χ0n) is 16.4. The van der Waals surface area contributed by atoms with Crippen LogP contribution in [0.3, 0.4) is 0 Å². The van der Waals surface area contributed by atoms with Crippen molar-refractivity contribution in [2.75, 3.05) is 19.8 Å². The van der Waals surface area contributed by atoms with E-state index in [2.05, 4.69) is 6.58 Å². The van der Waals surface area contributed by atoms with E-state index in [9.17, 15) is 10.2 Å². The summed E-state index contributed by atoms with van der Waals surface area (Å²) in [6.45, 7) is 4.08. The molecule has 1 rings (SSSR count). The molecule has 0 aromatic heterocycles. The first-order chi connectivity index (χ1) is 12.7. The van der Waals surface area contributed by atoms with Gasteiger partial charge in [0, 0.05) is 6.61 Å². The summed E-state index contributed by atoms with van der Waals surface area (Å²) in [6.07, 6.45) is 14.2. The van der Waals surface area contributed by atoms with Crippen LogP contribution in [0.15, 0.2) is 12.7 Å². The van der Waals surface area contributed by atoms with Gasteiger partial charge in [-0.25, -0.2) is 0 Å². The molecule has 1 aliphatic heterocycles. The highest BCUT2D eigenvalue weighted by Crippen LogP contribution is 2.21. The average Bonchev–Trinajstić information content (AvgIpc) is 3.02. The van der Waals surface area contributed by atoms with Crippen molar-refractivity contribution in [1.82, 2.24) is 0 Å². The SMILES string of the molecule is C=CCCCCCCCCCCCCCO[C@H]1[C@@H]([C@H](O)CO)OC[C@@H]1O. The van der Waals surface area contributed by atoms with Crippen LogP contribution in [0.2, 0.25) is 0 Å². The van der Waals surface area contributed by atoms with Crippen LogP contribution >= 0.6 is 0 Å². The molecule has 0 spiro atoms. The summed E-state index contributed by atoms with van der Waals surface area (Å²) in [5, 5.41) is 28.6. The molecule has 0 aliphatic carbocycles. The molecule has 0 aromatic rings. The van der Waals surface area contributed by atoms with Gasteiger partial charge in [0.1, 0.15) is 24.4 Å². The van der Waals surface area contributed by atoms with Crippen molar-refractivity contribution in [2.45, 2.75) is 101 Å². The molecule has 1 heterocycles. The van der Waals surface area contributed by atoms with Crippen LogP contribution in [0.25, 0.3) is 0 Å². The lowest BCUT2D eigenvalue weighted by molar-refractivity contribution is -0.0938. The zero-order chi connectivity index (χ0) is 19.0. The maximum Gasteiger partial charge on any atom is 0.114 e. The van der Waals surface area contributed by atoms with Gasteiger partial charge in [-0.05, 0) is 19.3 Å². The summed E-state index contributed by atoms with van der Waals surface area (Å²) in [6, 6.07) is 0. The van der Waals surface area contributed by atoms with E-state index in [1.54, 1.807) is 0 Å². The van der Waals surface area contributed by atoms with Crippen molar-refractivity contribution in [1.29, 1.82) is 0 Å². The number of allylic oxidation sites excluding steroid dienone is 1. The van der Waals surface area contributed by atoms with E-state index in [1.807, 2.05) is 6.08 Å². The first-order valence-corrected chi connectivity index (χ1v) is 10.5. The second-order valence-electron chi connectivity index (χ2n) is 7.42. The molecule has 26 heavy (non-hydrogen) atoms. The van der Waals surface area contributed by atoms with Crippen LogP contribution in [0.1, 0.15) is 77.0 Å². The molecule has 1 aliphatic rings. The third kappa shape index (κ3) is 10.0. The van der Waals surface area contributed by atoms with Crippen molar-refractivity contribution in [3.8, 4) is 0 Å². The molecule has 0 aromatic carbocycles. The van der Waals surface area contributed by atoms with Gasteiger partial charge in [-0.3, -0.25) is 0 Å². The van der Waals surface area contributed by atoms with E-state index in [4.69, 9.17) is 14.6 Å². The largest absolute Gasteiger partial charge is 0.394 e. The molecule has 4 atom stereocenters. The minimum absolute atomic E-state index is 0.153. The van der Waals surface area contributed by atoms with Gasteiger partial charge in [0.15, 0.2) is 0 Å². The minimum Gasteiger partial charge on any atom is -0.394 e. The first kappa shape index (κ1) is 23.6. The topological polar surface area (TPSA) is 79.2 Å². The highest BCUT2D eigenvalue weighted by atomic mass is 16.6. The van der Waals surface area contributed by atoms with E-state index in [0.29, 0.717) is 6.61 Å². The predicted octanol–water partition coefficient (Wildman–Crippen LogP) is 3.35. The van der Waals surface area contributed by atoms with Crippen molar-refractivity contribution in [3.63, 3.8) is 0 Å². The van der Waals surface area contributed by atoms with Gasteiger partial charge in [-0.1, -0.05) is 63.9 Å². The van der Waals surface area contributed by atoms with E-state index >= 15 is 0 Å². The van der Waals surface area contributed by atoms with Crippen molar-refractivity contribution < 1.29 is 24.8 Å². The van der Waals surface area contributed by atoms with Crippen LogP contribution in [0, 0.1) is 0 Å². The molecule has 1 fully saturated rings. The van der Waals surface area contributed by atoms with E-state index in [0.717, 1.165) is 19.3 Å². The summed E-state index contributed by atoms with van der Waals surface area (Å²) in [5.74, 6) is 0. The van der Waals surface area contributed by atoms with Gasteiger partial charge in [0.2, 0.25) is 0 Å². The van der Waals surface area contributed by atoms with E-state index in [-0.39, 0.29) is 13.2 Å². The monoisotopic (exact) mass is 372 g/mol. The standard InChI is InChI=1S/C21H40O5/c1-2-3-4-5-6-7-8-9-10-11-12-13-14-15-25-21-19(24)17-26-20(21)18(23)16-22/h2,18-24H,1,3-17H2/t18-,19+,20-,21-/m1/s1. The fourth-order valence-corrected chi connectivity index (χ4v) is 3.46. The Morgan fingerprint density at radius 3 is 2.04 bits per heavy atom. The van der Waals surface area contributed by atoms with Gasteiger partial charge in [0.25, 0.3) is 0 Å². The van der Waals surface area contributed by atoms with Crippen molar-refractivity contribution in [3.05, 3.63) is 12.7 Å². The Hall–Kier alpha value is -0.460. The number of rotatable bonds is 17. The van der Waals surface area contributed by atoms with Crippen molar-refractivity contribution in [2.24, 2.45) is 0 Å². The molecule has 0 radical (unpaired) electrons. The highest BCUT2D eigenvalue weighted by molar-refractivity contribution is 4.89. The molecule has 0 unspecified atom stereocenters. The summed E-state index contributed by atoms with van der Waals surface area (Å²) in [5.41, 5.74) is 0. The van der Waals surface area contributed by atoms with Gasteiger partial charge < -0.3 is 24.8 Å². The molecule has 5 nitrogen and oxygen atoms in total. The van der Waals surface area contributed by atoms with E-state index < -0.39 is 24.4 Å². The summed E-state index contributed by atoms with van der Waals surface area (Å²) in [7, 11) is 0. The summed E-state index contributed by atoms with van der Waals surface area (Å²) >= 11 is 0. The maximum absolute atomic E-state index is 9.86. The highest BCUT2D eigenvalue weighted by Gasteiger charge is 2.40. The number of hydrogen-bond donors (Lipinski definition) is 3. The molecule has 0 saturated carbocycles. The molecule has 0 bridgehead atoms. The Bertz CT molecular complexity index is 336. The fraction of sp³-hybridized carbons (Fsp3) is 0.905. The van der Waals surface area contributed by atoms with E-state index in [1.165, 1.54) is 57.8 Å². The predicted molar refractivity (Wildman–Crippen MR) is 104 cm³/mol. The van der Waals surface area contributed by atoms with Crippen LogP contribution in [0.4, 0.5) is 0 Å². The smallest absolute Gasteiger partial charge is 0.114 e. The van der Waals surface area contributed by atoms with Crippen LogP contribution in [-0.4, -0.2) is 59.6 Å². The Kier molecular flexibility index (Phi) is 14.1. The number of aliphatic hydroxyl groups is 3. The third-order valence-corrected chi connectivity index (χ3v) is 5.09. The van der Waals surface area contributed by atoms with Crippen LogP contribution in [0.5, 0.6) is 0 Å². The Morgan fingerprint density at radius 1 is 0.962 bits per heavy atom. The van der Waals surface area contributed by atoms with Gasteiger partial charge >= 0.3 is 0 Å². The Labute approximate surface area is 159 Å². The number of unbranched alkanes of at least 4 members (excludes halogenated alkanes) is 11. The lowest BCUT2D eigenvalue weighted by Crippen LogP contribution is -2.42. The zero-order valence-corrected chi connectivity index (χ0v) is 16.4. The fourth-order valence-electron chi connectivity index (χ4n) is 3.46. The maximum atomic E-state index is 9.86. The molecule has 1 saturated heterocycles. The van der Waals surface area contributed by atoms with Gasteiger partial charge in [-0.2, -0.15) is 0 Å². The Morgan fingerprint density at radius 2 is 1.50 bits per heavy atom. The molecular formula is C21H40O5. The Balaban J connectivity index is 1.89. The second-order valence-corrected chi connectivity index (χ2v) is 7.42. The third-order valence-electron chi connectivity index (χ3n) is 5.09. The normalized spacial score (nSPS) is 24.0. The molecular weight excluding hydrogens is 332 g/mol. The molecule has 5 heteroatoms. The average molecular weight is 373 g/mol.